The zero-order valence-corrected chi connectivity index (χ0v) is 11.3. The fraction of sp³-hybridized carbons (Fsp3) is 0.538. The molecule has 0 aliphatic rings. The van der Waals surface area contributed by atoms with Crippen LogP contribution < -0.4 is 5.32 Å². The fourth-order valence-corrected chi connectivity index (χ4v) is 0.616. The molecule has 0 rings (SSSR count). The van der Waals surface area contributed by atoms with Crippen LogP contribution in [-0.2, 0) is 4.79 Å². The first kappa shape index (κ1) is 17.0. The monoisotopic (exact) mass is 224 g/mol. The summed E-state index contributed by atoms with van der Waals surface area (Å²) in [6, 6.07) is 0. The van der Waals surface area contributed by atoms with E-state index < -0.39 is 5.41 Å². The molecule has 16 heavy (non-hydrogen) atoms. The highest BCUT2D eigenvalue weighted by Crippen LogP contribution is 2.13. The van der Waals surface area contributed by atoms with Gasteiger partial charge >= 0.3 is 0 Å². The quantitative estimate of drug-likeness (QED) is 0.734. The van der Waals surface area contributed by atoms with Crippen molar-refractivity contribution < 1.29 is 4.79 Å². The minimum atomic E-state index is -0.405. The van der Waals surface area contributed by atoms with Crippen molar-refractivity contribution in [2.24, 2.45) is 10.4 Å². The van der Waals surface area contributed by atoms with Crippen molar-refractivity contribution >= 4 is 12.1 Å². The molecule has 0 heterocycles. The summed E-state index contributed by atoms with van der Waals surface area (Å²) in [6.07, 6.45) is 4.84. The van der Waals surface area contributed by atoms with E-state index in [0.29, 0.717) is 5.82 Å². The zero-order chi connectivity index (χ0) is 13.2. The minimum absolute atomic E-state index is 0.0492. The number of nitrogens with one attached hydrogen (secondary N) is 1. The van der Waals surface area contributed by atoms with E-state index in [1.54, 1.807) is 12.2 Å². The van der Waals surface area contributed by atoms with Gasteiger partial charge in [-0.1, -0.05) is 47.3 Å². The third-order valence-electron chi connectivity index (χ3n) is 1.52. The van der Waals surface area contributed by atoms with Crippen LogP contribution in [0.1, 0.15) is 41.5 Å². The molecule has 3 nitrogen and oxygen atoms in total. The Morgan fingerprint density at radius 1 is 1.31 bits per heavy atom. The van der Waals surface area contributed by atoms with Gasteiger partial charge in [0, 0.05) is 11.6 Å². The van der Waals surface area contributed by atoms with E-state index >= 15 is 0 Å². The van der Waals surface area contributed by atoms with E-state index in [1.165, 1.54) is 6.21 Å². The predicted molar refractivity (Wildman–Crippen MR) is 71.4 cm³/mol. The molecule has 92 valence electrons. The number of aliphatic imine (C=N–C) groups is 1. The molecular formula is C13H24N2O. The Balaban J connectivity index is 0. The van der Waals surface area contributed by atoms with Gasteiger partial charge in [0.1, 0.15) is 5.82 Å². The number of nitrogens with zero attached hydrogens (tertiary/aromatic N) is 1. The summed E-state index contributed by atoms with van der Waals surface area (Å²) < 4.78 is 0. The van der Waals surface area contributed by atoms with Gasteiger partial charge in [0.25, 0.3) is 0 Å². The maximum atomic E-state index is 11.5. The summed E-state index contributed by atoms with van der Waals surface area (Å²) in [6.45, 7) is 14.9. The van der Waals surface area contributed by atoms with Gasteiger partial charge in [-0.3, -0.25) is 4.79 Å². The lowest BCUT2D eigenvalue weighted by atomic mass is 9.96. The van der Waals surface area contributed by atoms with Crippen LogP contribution in [0.15, 0.2) is 29.5 Å². The number of amides is 1. The van der Waals surface area contributed by atoms with Crippen molar-refractivity contribution in [1.29, 1.82) is 0 Å². The smallest absolute Gasteiger partial charge is 0.230 e. The van der Waals surface area contributed by atoms with Crippen LogP contribution in [0.25, 0.3) is 0 Å². The Kier molecular flexibility index (Phi) is 9.46. The highest BCUT2D eigenvalue weighted by molar-refractivity contribution is 5.83. The number of hydrogen-bond acceptors (Lipinski definition) is 2. The number of rotatable bonds is 3. The topological polar surface area (TPSA) is 41.5 Å². The van der Waals surface area contributed by atoms with Gasteiger partial charge < -0.3 is 5.32 Å². The number of carbonyl (C=O) groups is 1. The Labute approximate surface area is 99.4 Å². The van der Waals surface area contributed by atoms with Crippen molar-refractivity contribution in [3.63, 3.8) is 0 Å². The molecule has 0 fully saturated rings. The molecule has 1 N–H and O–H groups in total. The van der Waals surface area contributed by atoms with Crippen LogP contribution in [0.2, 0.25) is 0 Å². The van der Waals surface area contributed by atoms with E-state index in [0.717, 1.165) is 0 Å². The lowest BCUT2D eigenvalue weighted by molar-refractivity contribution is -0.127. The predicted octanol–water partition coefficient (Wildman–Crippen LogP) is 3.29. The van der Waals surface area contributed by atoms with Crippen LogP contribution in [-0.4, -0.2) is 12.1 Å². The van der Waals surface area contributed by atoms with Crippen LogP contribution >= 0.6 is 0 Å². The molecular weight excluding hydrogens is 200 g/mol. The number of hydrogen-bond donors (Lipinski definition) is 1. The van der Waals surface area contributed by atoms with E-state index in [9.17, 15) is 4.79 Å². The molecule has 0 radical (unpaired) electrons. The third-order valence-corrected chi connectivity index (χ3v) is 1.52. The largest absolute Gasteiger partial charge is 0.311 e. The Hall–Kier alpha value is -1.38. The Morgan fingerprint density at radius 2 is 1.81 bits per heavy atom. The molecule has 0 aliphatic heterocycles. The summed E-state index contributed by atoms with van der Waals surface area (Å²) >= 11 is 0. The molecule has 0 atom stereocenters. The van der Waals surface area contributed by atoms with Crippen molar-refractivity contribution in [3.05, 3.63) is 24.6 Å². The second kappa shape index (κ2) is 8.89. The normalized spacial score (nSPS) is 11.8. The summed E-state index contributed by atoms with van der Waals surface area (Å²) in [4.78, 5) is 15.5. The first-order chi connectivity index (χ1) is 7.41. The van der Waals surface area contributed by atoms with E-state index in [4.69, 9.17) is 0 Å². The number of carbonyl (C=O) groups excluding carboxylic acids is 1. The molecule has 0 aliphatic carbocycles. The third kappa shape index (κ3) is 7.97. The highest BCUT2D eigenvalue weighted by atomic mass is 16.2. The Bertz CT molecular complexity index is 270. The summed E-state index contributed by atoms with van der Waals surface area (Å²) in [5, 5.41) is 2.72. The maximum absolute atomic E-state index is 11.5. The van der Waals surface area contributed by atoms with Gasteiger partial charge in [0.05, 0.1) is 0 Å². The molecule has 0 aromatic rings. The lowest BCUT2D eigenvalue weighted by Gasteiger charge is -2.17. The molecule has 0 aromatic heterocycles. The van der Waals surface area contributed by atoms with Crippen LogP contribution in [0.5, 0.6) is 0 Å². The molecule has 0 aromatic carbocycles. The molecule has 0 bridgehead atoms. The molecule has 3 heteroatoms. The number of allylic oxidation sites excluding steroid dienone is 2. The molecule has 0 saturated carbocycles. The SMILES string of the molecule is C=C/C=N\C(=C/C)NC(=O)C(C)(C)C.CC. The van der Waals surface area contributed by atoms with Crippen molar-refractivity contribution in [1.82, 2.24) is 5.32 Å². The Morgan fingerprint density at radius 3 is 2.12 bits per heavy atom. The standard InChI is InChI=1S/C11H18N2O.C2H6/c1-6-8-12-9(7-2)13-10(14)11(3,4)5;1-2/h6-8H,1H2,2-5H3,(H,13,14);1-2H3/b9-7+,12-8-;. The first-order valence-electron chi connectivity index (χ1n) is 5.54. The molecule has 1 amide bonds. The van der Waals surface area contributed by atoms with Gasteiger partial charge in [0.15, 0.2) is 0 Å². The van der Waals surface area contributed by atoms with Crippen molar-refractivity contribution in [3.8, 4) is 0 Å². The van der Waals surface area contributed by atoms with Crippen LogP contribution in [0.4, 0.5) is 0 Å². The second-order valence-corrected chi connectivity index (χ2v) is 3.89. The van der Waals surface area contributed by atoms with Crippen LogP contribution in [0, 0.1) is 5.41 Å². The van der Waals surface area contributed by atoms with E-state index in [2.05, 4.69) is 16.9 Å². The maximum Gasteiger partial charge on any atom is 0.230 e. The van der Waals surface area contributed by atoms with E-state index in [1.807, 2.05) is 41.5 Å². The average molecular weight is 224 g/mol. The molecule has 0 unspecified atom stereocenters. The lowest BCUT2D eigenvalue weighted by Crippen LogP contribution is -2.33. The second-order valence-electron chi connectivity index (χ2n) is 3.89. The van der Waals surface area contributed by atoms with Gasteiger partial charge in [-0.2, -0.15) is 0 Å². The van der Waals surface area contributed by atoms with E-state index in [-0.39, 0.29) is 5.91 Å². The minimum Gasteiger partial charge on any atom is -0.311 e. The van der Waals surface area contributed by atoms with Crippen LogP contribution in [0.3, 0.4) is 0 Å². The fourth-order valence-electron chi connectivity index (χ4n) is 0.616. The molecule has 0 saturated heterocycles. The van der Waals surface area contributed by atoms with Gasteiger partial charge in [-0.05, 0) is 13.0 Å². The van der Waals surface area contributed by atoms with Gasteiger partial charge in [-0.25, -0.2) is 4.99 Å². The zero-order valence-electron chi connectivity index (χ0n) is 11.3. The van der Waals surface area contributed by atoms with Crippen molar-refractivity contribution in [2.45, 2.75) is 41.5 Å². The summed E-state index contributed by atoms with van der Waals surface area (Å²) in [5.41, 5.74) is -0.405. The average Bonchev–Trinajstić information content (AvgIpc) is 2.25. The summed E-state index contributed by atoms with van der Waals surface area (Å²) in [7, 11) is 0. The van der Waals surface area contributed by atoms with Crippen molar-refractivity contribution in [2.75, 3.05) is 0 Å². The van der Waals surface area contributed by atoms with Gasteiger partial charge in [-0.15, -0.1) is 0 Å². The summed E-state index contributed by atoms with van der Waals surface area (Å²) in [5.74, 6) is 0.497. The molecule has 0 spiro atoms. The first-order valence-corrected chi connectivity index (χ1v) is 5.54. The van der Waals surface area contributed by atoms with Gasteiger partial charge in [0.2, 0.25) is 5.91 Å². The highest BCUT2D eigenvalue weighted by Gasteiger charge is 2.21.